The van der Waals surface area contributed by atoms with Crippen LogP contribution in [0, 0.1) is 5.82 Å². The lowest BCUT2D eigenvalue weighted by atomic mass is 10.1. The third-order valence-corrected chi connectivity index (χ3v) is 3.20. The molecule has 19 heavy (non-hydrogen) atoms. The maximum Gasteiger partial charge on any atom is 0.249 e. The van der Waals surface area contributed by atoms with E-state index in [1.165, 1.54) is 17.0 Å². The van der Waals surface area contributed by atoms with Gasteiger partial charge in [-0.2, -0.15) is 0 Å². The molecule has 6 heteroatoms. The summed E-state index contributed by atoms with van der Waals surface area (Å²) in [5.74, 6) is -1.37. The summed E-state index contributed by atoms with van der Waals surface area (Å²) in [6, 6.07) is 3.79. The number of hydrogen-bond donors (Lipinski definition) is 2. The molecule has 0 spiro atoms. The zero-order valence-corrected chi connectivity index (χ0v) is 10.5. The van der Waals surface area contributed by atoms with Crippen LogP contribution in [0.5, 0.6) is 0 Å². The lowest BCUT2D eigenvalue weighted by Crippen LogP contribution is -2.58. The Bertz CT molecular complexity index is 519. The van der Waals surface area contributed by atoms with Crippen molar-refractivity contribution in [2.75, 3.05) is 11.4 Å². The van der Waals surface area contributed by atoms with Crippen molar-refractivity contribution in [2.45, 2.75) is 26.0 Å². The van der Waals surface area contributed by atoms with Gasteiger partial charge in [-0.05, 0) is 18.6 Å². The van der Waals surface area contributed by atoms with Gasteiger partial charge in [0.25, 0.3) is 0 Å². The number of rotatable bonds is 3. The number of hydrogen-bond acceptors (Lipinski definition) is 4. The van der Waals surface area contributed by atoms with Gasteiger partial charge in [0.15, 0.2) is 0 Å². The molecule has 1 aromatic carbocycles. The Morgan fingerprint density at radius 1 is 1.47 bits per heavy atom. The molecule has 102 valence electrons. The molecule has 2 amide bonds. The highest BCUT2D eigenvalue weighted by atomic mass is 19.1. The number of piperazine rings is 1. The molecule has 1 fully saturated rings. The maximum absolute atomic E-state index is 13.7. The first-order chi connectivity index (χ1) is 9.08. The number of halogens is 1. The fourth-order valence-electron chi connectivity index (χ4n) is 2.30. The second-order valence-corrected chi connectivity index (χ2v) is 4.36. The summed E-state index contributed by atoms with van der Waals surface area (Å²) >= 11 is 0. The molecule has 2 N–H and O–H groups in total. The molecular weight excluding hydrogens is 251 g/mol. The zero-order valence-electron chi connectivity index (χ0n) is 10.5. The molecule has 1 aliphatic heterocycles. The summed E-state index contributed by atoms with van der Waals surface area (Å²) in [6.45, 7) is 1.30. The van der Waals surface area contributed by atoms with E-state index in [-0.39, 0.29) is 12.1 Å². The first-order valence-electron chi connectivity index (χ1n) is 6.07. The number of anilines is 1. The highest BCUT2D eigenvalue weighted by Crippen LogP contribution is 2.27. The van der Waals surface area contributed by atoms with Gasteiger partial charge in [0.2, 0.25) is 11.8 Å². The van der Waals surface area contributed by atoms with Crippen molar-refractivity contribution in [3.05, 3.63) is 29.6 Å². The second-order valence-electron chi connectivity index (χ2n) is 4.36. The first kappa shape index (κ1) is 13.5. The summed E-state index contributed by atoms with van der Waals surface area (Å²) in [6.07, 6.45) is 0.487. The minimum absolute atomic E-state index is 0.0271. The molecule has 0 saturated carbocycles. The number of imide groups is 1. The molecular formula is C13H15FN2O3. The molecule has 1 heterocycles. The second kappa shape index (κ2) is 5.36. The highest BCUT2D eigenvalue weighted by molar-refractivity contribution is 6.04. The average Bonchev–Trinajstić information content (AvgIpc) is 2.37. The molecule has 1 aliphatic rings. The quantitative estimate of drug-likeness (QED) is 0.784. The molecule has 1 saturated heterocycles. The van der Waals surface area contributed by atoms with E-state index in [1.54, 1.807) is 6.07 Å². The number of carbonyl (C=O) groups is 2. The summed E-state index contributed by atoms with van der Waals surface area (Å²) < 4.78 is 13.7. The van der Waals surface area contributed by atoms with Crippen molar-refractivity contribution in [1.82, 2.24) is 5.32 Å². The monoisotopic (exact) mass is 266 g/mol. The number of nitrogens with one attached hydrogen (secondary N) is 1. The van der Waals surface area contributed by atoms with Crippen LogP contribution in [-0.4, -0.2) is 29.5 Å². The number of carbonyl (C=O) groups excluding carboxylic acids is 2. The van der Waals surface area contributed by atoms with E-state index in [4.69, 9.17) is 0 Å². The summed E-state index contributed by atoms with van der Waals surface area (Å²) in [5.41, 5.74) is 0.487. The van der Waals surface area contributed by atoms with Gasteiger partial charge >= 0.3 is 0 Å². The summed E-state index contributed by atoms with van der Waals surface area (Å²) in [4.78, 5) is 24.8. The molecule has 2 rings (SSSR count). The molecule has 0 aromatic heterocycles. The lowest BCUT2D eigenvalue weighted by Gasteiger charge is -2.36. The molecule has 1 atom stereocenters. The van der Waals surface area contributed by atoms with Gasteiger partial charge < -0.3 is 10.0 Å². The van der Waals surface area contributed by atoms with E-state index in [2.05, 4.69) is 5.32 Å². The fraction of sp³-hybridized carbons (Fsp3) is 0.385. The predicted molar refractivity (Wildman–Crippen MR) is 66.9 cm³/mol. The summed E-state index contributed by atoms with van der Waals surface area (Å²) in [7, 11) is 0. The van der Waals surface area contributed by atoms with Crippen LogP contribution in [0.2, 0.25) is 0 Å². The Kier molecular flexibility index (Phi) is 3.80. The van der Waals surface area contributed by atoms with E-state index < -0.39 is 30.3 Å². The Balaban J connectivity index is 2.46. The fourth-order valence-corrected chi connectivity index (χ4v) is 2.30. The molecule has 1 unspecified atom stereocenters. The van der Waals surface area contributed by atoms with Gasteiger partial charge in [0.1, 0.15) is 11.9 Å². The minimum Gasteiger partial charge on any atom is -0.391 e. The molecule has 1 aromatic rings. The lowest BCUT2D eigenvalue weighted by molar-refractivity contribution is -0.132. The topological polar surface area (TPSA) is 69.6 Å². The number of benzene rings is 1. The van der Waals surface area contributed by atoms with Crippen LogP contribution < -0.4 is 10.2 Å². The Morgan fingerprint density at radius 2 is 2.21 bits per heavy atom. The maximum atomic E-state index is 13.7. The van der Waals surface area contributed by atoms with E-state index in [9.17, 15) is 19.1 Å². The smallest absolute Gasteiger partial charge is 0.249 e. The van der Waals surface area contributed by atoms with Crippen molar-refractivity contribution in [2.24, 2.45) is 0 Å². The largest absolute Gasteiger partial charge is 0.391 e. The van der Waals surface area contributed by atoms with Crippen molar-refractivity contribution in [3.63, 3.8) is 0 Å². The van der Waals surface area contributed by atoms with Crippen LogP contribution in [0.15, 0.2) is 18.2 Å². The minimum atomic E-state index is -0.548. The van der Waals surface area contributed by atoms with E-state index in [0.717, 1.165) is 0 Å². The SMILES string of the molecule is CCC1C(=O)NC(=O)CN1c1cccc(F)c1CO. The molecule has 0 radical (unpaired) electrons. The third-order valence-electron chi connectivity index (χ3n) is 3.20. The van der Waals surface area contributed by atoms with Crippen molar-refractivity contribution >= 4 is 17.5 Å². The van der Waals surface area contributed by atoms with Crippen LogP contribution in [0.3, 0.4) is 0 Å². The molecule has 5 nitrogen and oxygen atoms in total. The van der Waals surface area contributed by atoms with Crippen LogP contribution in [0.1, 0.15) is 18.9 Å². The van der Waals surface area contributed by atoms with Gasteiger partial charge in [-0.25, -0.2) is 4.39 Å². The van der Waals surface area contributed by atoms with Gasteiger partial charge in [-0.3, -0.25) is 14.9 Å². The first-order valence-corrected chi connectivity index (χ1v) is 6.07. The van der Waals surface area contributed by atoms with Crippen molar-refractivity contribution < 1.29 is 19.1 Å². The van der Waals surface area contributed by atoms with Crippen LogP contribution in [-0.2, 0) is 16.2 Å². The van der Waals surface area contributed by atoms with Gasteiger partial charge in [0, 0.05) is 11.3 Å². The van der Waals surface area contributed by atoms with Crippen LogP contribution >= 0.6 is 0 Å². The standard InChI is InChI=1S/C13H15FN2O3/c1-2-10-13(19)15-12(18)6-16(10)11-5-3-4-9(14)8(11)7-17/h3-5,10,17H,2,6-7H2,1H3,(H,15,18,19). The van der Waals surface area contributed by atoms with Gasteiger partial charge in [0.05, 0.1) is 13.2 Å². The Morgan fingerprint density at radius 3 is 2.84 bits per heavy atom. The van der Waals surface area contributed by atoms with Crippen molar-refractivity contribution in [3.8, 4) is 0 Å². The highest BCUT2D eigenvalue weighted by Gasteiger charge is 2.33. The number of aliphatic hydroxyl groups excluding tert-OH is 1. The molecule has 0 bridgehead atoms. The predicted octanol–water partition coefficient (Wildman–Crippen LogP) is 0.559. The third kappa shape index (κ3) is 2.44. The van der Waals surface area contributed by atoms with Gasteiger partial charge in [-0.15, -0.1) is 0 Å². The van der Waals surface area contributed by atoms with Crippen LogP contribution in [0.4, 0.5) is 10.1 Å². The average molecular weight is 266 g/mol. The number of amides is 2. The zero-order chi connectivity index (χ0) is 14.0. The van der Waals surface area contributed by atoms with Crippen LogP contribution in [0.25, 0.3) is 0 Å². The van der Waals surface area contributed by atoms with Crippen molar-refractivity contribution in [1.29, 1.82) is 0 Å². The van der Waals surface area contributed by atoms with E-state index in [0.29, 0.717) is 12.1 Å². The normalized spacial score (nSPS) is 19.5. The Labute approximate surface area is 110 Å². The Hall–Kier alpha value is -1.95. The number of aliphatic hydroxyl groups is 1. The van der Waals surface area contributed by atoms with E-state index >= 15 is 0 Å². The number of nitrogens with zero attached hydrogens (tertiary/aromatic N) is 1. The van der Waals surface area contributed by atoms with E-state index in [1.807, 2.05) is 6.92 Å². The summed E-state index contributed by atoms with van der Waals surface area (Å²) in [5, 5.41) is 11.5. The van der Waals surface area contributed by atoms with Gasteiger partial charge in [-0.1, -0.05) is 13.0 Å². The molecule has 0 aliphatic carbocycles.